The summed E-state index contributed by atoms with van der Waals surface area (Å²) < 4.78 is 14.7. The number of amides is 2. The second kappa shape index (κ2) is 7.03. The molecule has 0 saturated carbocycles. The summed E-state index contributed by atoms with van der Waals surface area (Å²) in [4.78, 5) is 40.0. The lowest BCUT2D eigenvalue weighted by molar-refractivity contribution is 0.0675. The summed E-state index contributed by atoms with van der Waals surface area (Å²) in [5.41, 5.74) is -0.389. The van der Waals surface area contributed by atoms with Gasteiger partial charge in [-0.1, -0.05) is 17.7 Å². The minimum atomic E-state index is -0.800. The van der Waals surface area contributed by atoms with Gasteiger partial charge in [-0.05, 0) is 17.7 Å². The molecule has 0 saturated heterocycles. The van der Waals surface area contributed by atoms with Gasteiger partial charge >= 0.3 is 0 Å². The molecule has 3 rings (SSSR count). The van der Waals surface area contributed by atoms with Gasteiger partial charge in [0.05, 0.1) is 5.02 Å². The Balaban J connectivity index is 2.00. The molecule has 0 spiro atoms. The lowest BCUT2D eigenvalue weighted by Crippen LogP contribution is -2.43. The molecule has 142 valence electrons. The highest BCUT2D eigenvalue weighted by atomic mass is 35.5. The summed E-state index contributed by atoms with van der Waals surface area (Å²) in [6.45, 7) is 0.591. The molecule has 0 bridgehead atoms. The third-order valence-corrected chi connectivity index (χ3v) is 4.64. The second-order valence-corrected chi connectivity index (χ2v) is 6.82. The SMILES string of the molecule is CN(C)C(=O)c1cc(=O)c(O)c2n1CCN(Cc1ccc(F)c(Cl)c1)C2=O. The van der Waals surface area contributed by atoms with Crippen LogP contribution in [0.5, 0.6) is 5.75 Å². The van der Waals surface area contributed by atoms with E-state index >= 15 is 0 Å². The van der Waals surface area contributed by atoms with Crippen LogP contribution in [-0.4, -0.2) is 51.9 Å². The molecule has 1 N–H and O–H groups in total. The average Bonchev–Trinajstić information content (AvgIpc) is 2.62. The molecule has 9 heteroatoms. The fourth-order valence-corrected chi connectivity index (χ4v) is 3.18. The van der Waals surface area contributed by atoms with Crippen molar-refractivity contribution in [1.82, 2.24) is 14.4 Å². The van der Waals surface area contributed by atoms with Gasteiger partial charge in [0, 0.05) is 39.8 Å². The average molecular weight is 394 g/mol. The van der Waals surface area contributed by atoms with Gasteiger partial charge in [-0.3, -0.25) is 14.4 Å². The molecule has 0 unspecified atom stereocenters. The summed E-state index contributed by atoms with van der Waals surface area (Å²) in [5, 5.41) is 10.1. The van der Waals surface area contributed by atoms with Crippen LogP contribution in [0.2, 0.25) is 5.02 Å². The Kier molecular flexibility index (Phi) is 4.93. The number of carbonyl (C=O) groups is 2. The number of pyridine rings is 1. The standard InChI is InChI=1S/C18H17ClFN3O4/c1-21(2)17(26)13-8-14(24)16(25)15-18(27)22(5-6-23(13)15)9-10-3-4-12(20)11(19)7-10/h3-4,7-8,25H,5-6,9H2,1-2H3. The van der Waals surface area contributed by atoms with Crippen molar-refractivity contribution >= 4 is 23.4 Å². The second-order valence-electron chi connectivity index (χ2n) is 6.42. The highest BCUT2D eigenvalue weighted by Crippen LogP contribution is 2.24. The number of nitrogens with zero attached hydrogens (tertiary/aromatic N) is 3. The van der Waals surface area contributed by atoms with E-state index in [0.29, 0.717) is 5.56 Å². The monoisotopic (exact) mass is 393 g/mol. The summed E-state index contributed by atoms with van der Waals surface area (Å²) in [6.07, 6.45) is 0. The van der Waals surface area contributed by atoms with Gasteiger partial charge in [-0.25, -0.2) is 4.39 Å². The zero-order valence-corrected chi connectivity index (χ0v) is 15.5. The van der Waals surface area contributed by atoms with E-state index in [-0.39, 0.29) is 36.0 Å². The van der Waals surface area contributed by atoms with Crippen LogP contribution in [0.15, 0.2) is 29.1 Å². The van der Waals surface area contributed by atoms with Crippen LogP contribution in [0.3, 0.4) is 0 Å². The first kappa shape index (κ1) is 18.9. The molecule has 27 heavy (non-hydrogen) atoms. The summed E-state index contributed by atoms with van der Waals surface area (Å²) in [6, 6.07) is 5.15. The van der Waals surface area contributed by atoms with Crippen molar-refractivity contribution in [3.05, 3.63) is 62.3 Å². The topological polar surface area (TPSA) is 82.8 Å². The number of hydrogen-bond donors (Lipinski definition) is 1. The van der Waals surface area contributed by atoms with Crippen LogP contribution in [0.1, 0.15) is 26.5 Å². The van der Waals surface area contributed by atoms with E-state index in [1.165, 1.54) is 46.7 Å². The Hall–Kier alpha value is -2.87. The van der Waals surface area contributed by atoms with E-state index in [9.17, 15) is 23.9 Å². The molecular weight excluding hydrogens is 377 g/mol. The fourth-order valence-electron chi connectivity index (χ4n) is 2.97. The van der Waals surface area contributed by atoms with Gasteiger partial charge in [0.25, 0.3) is 11.8 Å². The minimum Gasteiger partial charge on any atom is -0.503 e. The van der Waals surface area contributed by atoms with Gasteiger partial charge in [-0.15, -0.1) is 0 Å². The third kappa shape index (κ3) is 3.40. The van der Waals surface area contributed by atoms with Crippen molar-refractivity contribution in [1.29, 1.82) is 0 Å². The summed E-state index contributed by atoms with van der Waals surface area (Å²) in [7, 11) is 3.06. The van der Waals surface area contributed by atoms with E-state index in [1.807, 2.05) is 0 Å². The maximum Gasteiger partial charge on any atom is 0.274 e. The van der Waals surface area contributed by atoms with Gasteiger partial charge < -0.3 is 19.5 Å². The number of fused-ring (bicyclic) bond motifs is 1. The van der Waals surface area contributed by atoms with Crippen LogP contribution in [0, 0.1) is 5.82 Å². The van der Waals surface area contributed by atoms with Crippen molar-refractivity contribution in [3.63, 3.8) is 0 Å². The largest absolute Gasteiger partial charge is 0.503 e. The van der Waals surface area contributed by atoms with E-state index in [1.54, 1.807) is 0 Å². The number of hydrogen-bond acceptors (Lipinski definition) is 4. The van der Waals surface area contributed by atoms with Crippen molar-refractivity contribution in [2.45, 2.75) is 13.1 Å². The van der Waals surface area contributed by atoms with Gasteiger partial charge in [0.2, 0.25) is 5.43 Å². The number of aromatic nitrogens is 1. The predicted molar refractivity (Wildman–Crippen MR) is 96.5 cm³/mol. The molecule has 0 aliphatic carbocycles. The molecule has 1 aliphatic heterocycles. The Morgan fingerprint density at radius 1 is 1.26 bits per heavy atom. The van der Waals surface area contributed by atoms with Crippen LogP contribution in [0.25, 0.3) is 0 Å². The Bertz CT molecular complexity index is 1000. The number of benzene rings is 1. The van der Waals surface area contributed by atoms with E-state index in [4.69, 9.17) is 11.6 Å². The minimum absolute atomic E-state index is 0.0376. The molecule has 0 radical (unpaired) electrons. The lowest BCUT2D eigenvalue weighted by Gasteiger charge is -2.32. The Labute approximate surface area is 159 Å². The van der Waals surface area contributed by atoms with Crippen molar-refractivity contribution in [2.75, 3.05) is 20.6 Å². The molecule has 7 nitrogen and oxygen atoms in total. The third-order valence-electron chi connectivity index (χ3n) is 4.35. The number of rotatable bonds is 3. The predicted octanol–water partition coefficient (Wildman–Crippen LogP) is 1.70. The first-order chi connectivity index (χ1) is 12.7. The van der Waals surface area contributed by atoms with Crippen molar-refractivity contribution in [3.8, 4) is 5.75 Å². The quantitative estimate of drug-likeness (QED) is 0.860. The zero-order valence-electron chi connectivity index (χ0n) is 14.7. The van der Waals surface area contributed by atoms with Gasteiger partial charge in [-0.2, -0.15) is 0 Å². The molecule has 1 aromatic carbocycles. The molecule has 1 aliphatic rings. The molecule has 2 aromatic rings. The van der Waals surface area contributed by atoms with Crippen LogP contribution in [-0.2, 0) is 13.1 Å². The number of halogens is 2. The smallest absolute Gasteiger partial charge is 0.274 e. The number of aromatic hydroxyl groups is 1. The molecule has 1 aromatic heterocycles. The highest BCUT2D eigenvalue weighted by molar-refractivity contribution is 6.30. The fraction of sp³-hybridized carbons (Fsp3) is 0.278. The molecular formula is C18H17ClFN3O4. The van der Waals surface area contributed by atoms with Crippen molar-refractivity contribution in [2.24, 2.45) is 0 Å². The van der Waals surface area contributed by atoms with E-state index in [0.717, 1.165) is 6.07 Å². The molecule has 2 amide bonds. The summed E-state index contributed by atoms with van der Waals surface area (Å²) in [5.74, 6) is -2.30. The first-order valence-electron chi connectivity index (χ1n) is 8.12. The van der Waals surface area contributed by atoms with Gasteiger partial charge in [0.1, 0.15) is 11.5 Å². The van der Waals surface area contributed by atoms with Crippen LogP contribution < -0.4 is 5.43 Å². The summed E-state index contributed by atoms with van der Waals surface area (Å²) >= 11 is 5.77. The highest BCUT2D eigenvalue weighted by Gasteiger charge is 2.32. The molecule has 2 heterocycles. The first-order valence-corrected chi connectivity index (χ1v) is 8.50. The zero-order chi connectivity index (χ0) is 19.9. The maximum absolute atomic E-state index is 13.3. The maximum atomic E-state index is 13.3. The van der Waals surface area contributed by atoms with E-state index < -0.39 is 28.8 Å². The Morgan fingerprint density at radius 3 is 2.59 bits per heavy atom. The van der Waals surface area contributed by atoms with E-state index in [2.05, 4.69) is 0 Å². The Morgan fingerprint density at radius 2 is 1.96 bits per heavy atom. The molecule has 0 fully saturated rings. The van der Waals surface area contributed by atoms with Crippen LogP contribution >= 0.6 is 11.6 Å². The number of carbonyl (C=O) groups excluding carboxylic acids is 2. The molecule has 0 atom stereocenters. The normalized spacial score (nSPS) is 13.5. The van der Waals surface area contributed by atoms with Gasteiger partial charge in [0.15, 0.2) is 11.4 Å². The lowest BCUT2D eigenvalue weighted by atomic mass is 10.1. The van der Waals surface area contributed by atoms with Crippen molar-refractivity contribution < 1.29 is 19.1 Å². The van der Waals surface area contributed by atoms with Crippen LogP contribution in [0.4, 0.5) is 4.39 Å².